The Labute approximate surface area is 127 Å². The minimum Gasteiger partial charge on any atom is -0.376 e. The van der Waals surface area contributed by atoms with E-state index in [4.69, 9.17) is 0 Å². The molecule has 0 atom stereocenters. The van der Waals surface area contributed by atoms with Gasteiger partial charge in [-0.05, 0) is 55.3 Å². The van der Waals surface area contributed by atoms with Gasteiger partial charge < -0.3 is 10.6 Å². The highest BCUT2D eigenvalue weighted by Crippen LogP contribution is 2.18. The number of anilines is 2. The quantitative estimate of drug-likeness (QED) is 0.884. The molecule has 0 saturated carbocycles. The number of hydrogen-bond acceptors (Lipinski definition) is 2. The van der Waals surface area contributed by atoms with Crippen molar-refractivity contribution in [2.24, 2.45) is 0 Å². The van der Waals surface area contributed by atoms with Crippen molar-refractivity contribution in [3.05, 3.63) is 58.1 Å². The van der Waals surface area contributed by atoms with Crippen LogP contribution in [0.3, 0.4) is 0 Å². The van der Waals surface area contributed by atoms with Crippen LogP contribution < -0.4 is 10.6 Å². The van der Waals surface area contributed by atoms with Crippen LogP contribution in [0.2, 0.25) is 0 Å². The Kier molecular flexibility index (Phi) is 4.79. The van der Waals surface area contributed by atoms with Gasteiger partial charge in [-0.1, -0.05) is 28.1 Å². The van der Waals surface area contributed by atoms with E-state index in [-0.39, 0.29) is 12.5 Å². The van der Waals surface area contributed by atoms with Crippen molar-refractivity contribution in [2.75, 3.05) is 17.2 Å². The first-order valence-corrected chi connectivity index (χ1v) is 7.21. The molecule has 0 bridgehead atoms. The second-order valence-electron chi connectivity index (χ2n) is 4.66. The minimum absolute atomic E-state index is 0.0618. The number of nitrogens with one attached hydrogen (secondary N) is 2. The van der Waals surface area contributed by atoms with Gasteiger partial charge in [0.25, 0.3) is 0 Å². The molecule has 0 aliphatic carbocycles. The Bertz CT molecular complexity index is 608. The zero-order valence-corrected chi connectivity index (χ0v) is 13.1. The van der Waals surface area contributed by atoms with Gasteiger partial charge in [0.2, 0.25) is 5.91 Å². The van der Waals surface area contributed by atoms with Crippen LogP contribution in [-0.2, 0) is 4.79 Å². The summed E-state index contributed by atoms with van der Waals surface area (Å²) in [7, 11) is 0. The molecule has 0 spiro atoms. The SMILES string of the molecule is Cc1cccc(NCC(=O)Nc2ccc(Br)cc2)c1C. The van der Waals surface area contributed by atoms with Crippen molar-refractivity contribution in [1.82, 2.24) is 0 Å². The van der Waals surface area contributed by atoms with Crippen molar-refractivity contribution in [3.63, 3.8) is 0 Å². The fourth-order valence-corrected chi connectivity index (χ4v) is 2.12. The van der Waals surface area contributed by atoms with Gasteiger partial charge in [-0.3, -0.25) is 4.79 Å². The topological polar surface area (TPSA) is 41.1 Å². The Hall–Kier alpha value is -1.81. The highest BCUT2D eigenvalue weighted by atomic mass is 79.9. The van der Waals surface area contributed by atoms with Crippen molar-refractivity contribution < 1.29 is 4.79 Å². The molecule has 2 aromatic rings. The summed E-state index contributed by atoms with van der Waals surface area (Å²) in [4.78, 5) is 11.9. The Balaban J connectivity index is 1.92. The number of halogens is 1. The van der Waals surface area contributed by atoms with E-state index in [2.05, 4.69) is 39.6 Å². The fraction of sp³-hybridized carbons (Fsp3) is 0.188. The van der Waals surface area contributed by atoms with Gasteiger partial charge in [-0.2, -0.15) is 0 Å². The molecule has 2 rings (SSSR count). The third-order valence-electron chi connectivity index (χ3n) is 3.17. The number of rotatable bonds is 4. The second kappa shape index (κ2) is 6.57. The Morgan fingerprint density at radius 1 is 1.10 bits per heavy atom. The predicted molar refractivity (Wildman–Crippen MR) is 87.2 cm³/mol. The van der Waals surface area contributed by atoms with Crippen LogP contribution >= 0.6 is 15.9 Å². The van der Waals surface area contributed by atoms with Crippen molar-refractivity contribution in [3.8, 4) is 0 Å². The second-order valence-corrected chi connectivity index (χ2v) is 5.57. The molecule has 0 aliphatic heterocycles. The molecule has 104 valence electrons. The number of aryl methyl sites for hydroxylation is 1. The molecule has 4 heteroatoms. The van der Waals surface area contributed by atoms with E-state index in [1.54, 1.807) is 0 Å². The molecule has 0 aliphatic rings. The molecule has 0 aromatic heterocycles. The van der Waals surface area contributed by atoms with Crippen LogP contribution in [0.1, 0.15) is 11.1 Å². The van der Waals surface area contributed by atoms with Crippen LogP contribution in [0.5, 0.6) is 0 Å². The smallest absolute Gasteiger partial charge is 0.243 e. The summed E-state index contributed by atoms with van der Waals surface area (Å²) in [6, 6.07) is 13.5. The van der Waals surface area contributed by atoms with E-state index in [0.29, 0.717) is 0 Å². The molecule has 20 heavy (non-hydrogen) atoms. The predicted octanol–water partition coefficient (Wildman–Crippen LogP) is 4.12. The lowest BCUT2D eigenvalue weighted by Gasteiger charge is -2.11. The average molecular weight is 333 g/mol. The van der Waals surface area contributed by atoms with Crippen LogP contribution in [0, 0.1) is 13.8 Å². The van der Waals surface area contributed by atoms with Crippen molar-refractivity contribution in [2.45, 2.75) is 13.8 Å². The number of carbonyl (C=O) groups is 1. The summed E-state index contributed by atoms with van der Waals surface area (Å²) >= 11 is 3.36. The summed E-state index contributed by atoms with van der Waals surface area (Å²) in [6.45, 7) is 4.35. The van der Waals surface area contributed by atoms with Gasteiger partial charge in [0.15, 0.2) is 0 Å². The Morgan fingerprint density at radius 2 is 1.80 bits per heavy atom. The molecular weight excluding hydrogens is 316 g/mol. The van der Waals surface area contributed by atoms with Gasteiger partial charge in [0, 0.05) is 15.8 Å². The molecule has 3 nitrogen and oxygen atoms in total. The molecule has 0 heterocycles. The lowest BCUT2D eigenvalue weighted by Crippen LogP contribution is -2.22. The first-order chi connectivity index (χ1) is 9.56. The van der Waals surface area contributed by atoms with Crippen molar-refractivity contribution >= 4 is 33.2 Å². The highest BCUT2D eigenvalue weighted by molar-refractivity contribution is 9.10. The van der Waals surface area contributed by atoms with E-state index in [1.807, 2.05) is 43.3 Å². The standard InChI is InChI=1S/C16H17BrN2O/c1-11-4-3-5-15(12(11)2)18-10-16(20)19-14-8-6-13(17)7-9-14/h3-9,18H,10H2,1-2H3,(H,19,20). The van der Waals surface area contributed by atoms with E-state index in [9.17, 15) is 4.79 Å². The number of benzene rings is 2. The maximum atomic E-state index is 11.9. The molecule has 0 unspecified atom stereocenters. The van der Waals surface area contributed by atoms with E-state index in [0.717, 1.165) is 15.8 Å². The first kappa shape index (κ1) is 14.6. The van der Waals surface area contributed by atoms with Crippen LogP contribution in [-0.4, -0.2) is 12.5 Å². The van der Waals surface area contributed by atoms with Gasteiger partial charge in [0.05, 0.1) is 6.54 Å². The number of hydrogen-bond donors (Lipinski definition) is 2. The maximum Gasteiger partial charge on any atom is 0.243 e. The summed E-state index contributed by atoms with van der Waals surface area (Å²) < 4.78 is 0.990. The fourth-order valence-electron chi connectivity index (χ4n) is 1.86. The van der Waals surface area contributed by atoms with Crippen molar-refractivity contribution in [1.29, 1.82) is 0 Å². The third-order valence-corrected chi connectivity index (χ3v) is 3.70. The zero-order chi connectivity index (χ0) is 14.5. The van der Waals surface area contributed by atoms with Crippen LogP contribution in [0.25, 0.3) is 0 Å². The van der Waals surface area contributed by atoms with E-state index < -0.39 is 0 Å². The molecule has 0 radical (unpaired) electrons. The molecule has 0 saturated heterocycles. The summed E-state index contributed by atoms with van der Waals surface area (Å²) in [5, 5.41) is 6.02. The number of carbonyl (C=O) groups excluding carboxylic acids is 1. The van der Waals surface area contributed by atoms with Crippen LogP contribution in [0.15, 0.2) is 46.9 Å². The monoisotopic (exact) mass is 332 g/mol. The van der Waals surface area contributed by atoms with Gasteiger partial charge in [-0.25, -0.2) is 0 Å². The first-order valence-electron chi connectivity index (χ1n) is 6.42. The molecule has 0 fully saturated rings. The van der Waals surface area contributed by atoms with E-state index in [1.165, 1.54) is 11.1 Å². The largest absolute Gasteiger partial charge is 0.376 e. The lowest BCUT2D eigenvalue weighted by atomic mass is 10.1. The average Bonchev–Trinajstić information content (AvgIpc) is 2.43. The van der Waals surface area contributed by atoms with Gasteiger partial charge in [-0.15, -0.1) is 0 Å². The molecule has 1 amide bonds. The normalized spacial score (nSPS) is 10.2. The maximum absolute atomic E-state index is 11.9. The minimum atomic E-state index is -0.0618. The summed E-state index contributed by atoms with van der Waals surface area (Å²) in [6.07, 6.45) is 0. The molecule has 2 aromatic carbocycles. The summed E-state index contributed by atoms with van der Waals surface area (Å²) in [5.41, 5.74) is 4.17. The summed E-state index contributed by atoms with van der Waals surface area (Å²) in [5.74, 6) is -0.0618. The van der Waals surface area contributed by atoms with Gasteiger partial charge in [0.1, 0.15) is 0 Å². The third kappa shape index (κ3) is 3.84. The lowest BCUT2D eigenvalue weighted by molar-refractivity contribution is -0.114. The van der Waals surface area contributed by atoms with Gasteiger partial charge >= 0.3 is 0 Å². The highest BCUT2D eigenvalue weighted by Gasteiger charge is 2.04. The number of amides is 1. The zero-order valence-electron chi connectivity index (χ0n) is 11.5. The molecular formula is C16H17BrN2O. The molecule has 2 N–H and O–H groups in total. The van der Waals surface area contributed by atoms with Crippen LogP contribution in [0.4, 0.5) is 11.4 Å². The van der Waals surface area contributed by atoms with E-state index >= 15 is 0 Å². The Morgan fingerprint density at radius 3 is 2.50 bits per heavy atom.